The maximum absolute atomic E-state index is 13.4. The summed E-state index contributed by atoms with van der Waals surface area (Å²) in [6.07, 6.45) is 1.42. The first kappa shape index (κ1) is 15.1. The number of benzene rings is 1. The maximum Gasteiger partial charge on any atom is 0.339 e. The second-order valence-electron chi connectivity index (χ2n) is 4.27. The highest BCUT2D eigenvalue weighted by Gasteiger charge is 2.17. The smallest absolute Gasteiger partial charge is 0.339 e. The Kier molecular flexibility index (Phi) is 4.64. The quantitative estimate of drug-likeness (QED) is 0.742. The fourth-order valence-electron chi connectivity index (χ4n) is 1.79. The number of aromatic nitrogens is 1. The minimum atomic E-state index is -1.12. The Morgan fingerprint density at radius 2 is 2.10 bits per heavy atom. The second kappa shape index (κ2) is 6.45. The Morgan fingerprint density at radius 3 is 2.76 bits per heavy atom. The number of rotatable bonds is 5. The van der Waals surface area contributed by atoms with Gasteiger partial charge in [-0.25, -0.2) is 9.18 Å². The van der Waals surface area contributed by atoms with E-state index in [0.717, 1.165) is 11.8 Å². The molecule has 1 aromatic carbocycles. The summed E-state index contributed by atoms with van der Waals surface area (Å²) in [5.41, 5.74) is 0.693. The van der Waals surface area contributed by atoms with E-state index in [9.17, 15) is 14.0 Å². The van der Waals surface area contributed by atoms with Crippen LogP contribution in [0.1, 0.15) is 16.1 Å². The number of aryl methyl sites for hydroxylation is 1. The molecule has 7 heteroatoms. The minimum absolute atomic E-state index is 0.00970. The van der Waals surface area contributed by atoms with Crippen molar-refractivity contribution < 1.29 is 19.1 Å². The van der Waals surface area contributed by atoms with Crippen LogP contribution in [0.2, 0.25) is 0 Å². The van der Waals surface area contributed by atoms with Gasteiger partial charge in [-0.1, -0.05) is 12.1 Å². The topological polar surface area (TPSA) is 82.2 Å². The molecular formula is C14H13FN2O3S. The Morgan fingerprint density at radius 1 is 1.38 bits per heavy atom. The van der Waals surface area contributed by atoms with E-state index in [1.54, 1.807) is 25.1 Å². The SMILES string of the molecule is Cc1[nH]cc(NC(=O)CSc2ccccc2F)c1C(=O)O. The normalized spacial score (nSPS) is 10.4. The van der Waals surface area contributed by atoms with Gasteiger partial charge in [-0.2, -0.15) is 0 Å². The fraction of sp³-hybridized carbons (Fsp3) is 0.143. The van der Waals surface area contributed by atoms with Gasteiger partial charge in [0, 0.05) is 16.8 Å². The van der Waals surface area contributed by atoms with E-state index < -0.39 is 11.9 Å². The number of halogens is 1. The van der Waals surface area contributed by atoms with E-state index in [2.05, 4.69) is 10.3 Å². The number of carboxylic acid groups (broad SMARTS) is 1. The Balaban J connectivity index is 2.00. The fourth-order valence-corrected chi connectivity index (χ4v) is 2.53. The van der Waals surface area contributed by atoms with Gasteiger partial charge in [0.1, 0.15) is 11.4 Å². The molecule has 3 N–H and O–H groups in total. The van der Waals surface area contributed by atoms with Gasteiger partial charge in [0.15, 0.2) is 0 Å². The van der Waals surface area contributed by atoms with Crippen molar-refractivity contribution in [1.29, 1.82) is 0 Å². The van der Waals surface area contributed by atoms with Crippen molar-refractivity contribution in [2.24, 2.45) is 0 Å². The number of aromatic carboxylic acids is 1. The lowest BCUT2D eigenvalue weighted by molar-refractivity contribution is -0.113. The van der Waals surface area contributed by atoms with Crippen molar-refractivity contribution in [1.82, 2.24) is 4.98 Å². The lowest BCUT2D eigenvalue weighted by atomic mass is 10.2. The summed E-state index contributed by atoms with van der Waals surface area (Å²) >= 11 is 1.05. The molecule has 0 fully saturated rings. The largest absolute Gasteiger partial charge is 0.478 e. The standard InChI is InChI=1S/C14H13FN2O3S/c1-8-13(14(19)20)10(6-16-8)17-12(18)7-21-11-5-3-2-4-9(11)15/h2-6,16H,7H2,1H3,(H,17,18)(H,19,20). The molecule has 21 heavy (non-hydrogen) atoms. The summed E-state index contributed by atoms with van der Waals surface area (Å²) in [7, 11) is 0. The van der Waals surface area contributed by atoms with Gasteiger partial charge < -0.3 is 15.4 Å². The van der Waals surface area contributed by atoms with Gasteiger partial charge >= 0.3 is 5.97 Å². The third-order valence-electron chi connectivity index (χ3n) is 2.76. The molecule has 0 unspecified atom stereocenters. The van der Waals surface area contributed by atoms with Gasteiger partial charge in [-0.3, -0.25) is 4.79 Å². The Hall–Kier alpha value is -2.28. The van der Waals surface area contributed by atoms with Crippen molar-refractivity contribution in [3.8, 4) is 0 Å². The highest BCUT2D eigenvalue weighted by molar-refractivity contribution is 8.00. The van der Waals surface area contributed by atoms with Crippen LogP contribution >= 0.6 is 11.8 Å². The zero-order valence-electron chi connectivity index (χ0n) is 11.1. The molecule has 1 amide bonds. The number of anilines is 1. The van der Waals surface area contributed by atoms with Crippen molar-refractivity contribution in [3.63, 3.8) is 0 Å². The summed E-state index contributed by atoms with van der Waals surface area (Å²) in [6.45, 7) is 1.60. The number of carboxylic acids is 1. The van der Waals surface area contributed by atoms with Crippen LogP contribution in [0.3, 0.4) is 0 Å². The number of amides is 1. The van der Waals surface area contributed by atoms with E-state index in [0.29, 0.717) is 10.6 Å². The summed E-state index contributed by atoms with van der Waals surface area (Å²) < 4.78 is 13.4. The molecule has 2 aromatic rings. The van der Waals surface area contributed by atoms with E-state index >= 15 is 0 Å². The maximum atomic E-state index is 13.4. The van der Waals surface area contributed by atoms with E-state index in [4.69, 9.17) is 5.11 Å². The molecule has 5 nitrogen and oxygen atoms in total. The van der Waals surface area contributed by atoms with Crippen LogP contribution in [0, 0.1) is 12.7 Å². The van der Waals surface area contributed by atoms with Crippen molar-refractivity contribution >= 4 is 29.3 Å². The number of H-pyrrole nitrogens is 1. The van der Waals surface area contributed by atoms with Crippen LogP contribution in [0.15, 0.2) is 35.4 Å². The highest BCUT2D eigenvalue weighted by Crippen LogP contribution is 2.23. The van der Waals surface area contributed by atoms with Gasteiger partial charge in [-0.15, -0.1) is 11.8 Å². The first-order chi connectivity index (χ1) is 9.99. The highest BCUT2D eigenvalue weighted by atomic mass is 32.2. The predicted octanol–water partition coefficient (Wildman–Crippen LogP) is 2.89. The van der Waals surface area contributed by atoms with Crippen molar-refractivity contribution in [2.45, 2.75) is 11.8 Å². The number of hydrogen-bond acceptors (Lipinski definition) is 3. The average Bonchev–Trinajstić information content (AvgIpc) is 2.79. The Labute approximate surface area is 124 Å². The minimum Gasteiger partial charge on any atom is -0.478 e. The molecule has 0 saturated carbocycles. The predicted molar refractivity (Wildman–Crippen MR) is 78.2 cm³/mol. The number of carbonyl (C=O) groups excluding carboxylic acids is 1. The molecule has 0 atom stereocenters. The van der Waals surface area contributed by atoms with Crippen molar-refractivity contribution in [3.05, 3.63) is 47.5 Å². The van der Waals surface area contributed by atoms with E-state index in [1.165, 1.54) is 12.3 Å². The molecule has 0 aliphatic heterocycles. The van der Waals surface area contributed by atoms with Crippen LogP contribution in [0.4, 0.5) is 10.1 Å². The summed E-state index contributed by atoms with van der Waals surface area (Å²) in [6, 6.07) is 6.15. The molecule has 0 spiro atoms. The third kappa shape index (κ3) is 3.63. The van der Waals surface area contributed by atoms with Crippen LogP contribution in [0.25, 0.3) is 0 Å². The van der Waals surface area contributed by atoms with Gasteiger partial charge in [-0.05, 0) is 19.1 Å². The molecule has 0 aliphatic carbocycles. The summed E-state index contributed by atoms with van der Waals surface area (Å²) in [5.74, 6) is -1.92. The molecule has 110 valence electrons. The zero-order chi connectivity index (χ0) is 15.4. The zero-order valence-corrected chi connectivity index (χ0v) is 12.0. The van der Waals surface area contributed by atoms with E-state index in [1.807, 2.05) is 0 Å². The van der Waals surface area contributed by atoms with Crippen LogP contribution in [-0.2, 0) is 4.79 Å². The monoisotopic (exact) mass is 308 g/mol. The average molecular weight is 308 g/mol. The van der Waals surface area contributed by atoms with Crippen LogP contribution in [-0.4, -0.2) is 27.7 Å². The summed E-state index contributed by atoms with van der Waals surface area (Å²) in [5, 5.41) is 11.6. The van der Waals surface area contributed by atoms with Crippen LogP contribution < -0.4 is 5.32 Å². The Bertz CT molecular complexity index is 685. The van der Waals surface area contributed by atoms with Gasteiger partial charge in [0.05, 0.1) is 11.4 Å². The number of aromatic amines is 1. The molecule has 2 rings (SSSR count). The van der Waals surface area contributed by atoms with E-state index in [-0.39, 0.29) is 22.8 Å². The number of thioether (sulfide) groups is 1. The van der Waals surface area contributed by atoms with Gasteiger partial charge in [0.25, 0.3) is 0 Å². The molecule has 0 saturated heterocycles. The number of carbonyl (C=O) groups is 2. The molecule has 1 aromatic heterocycles. The number of nitrogens with one attached hydrogen (secondary N) is 2. The number of hydrogen-bond donors (Lipinski definition) is 3. The lowest BCUT2D eigenvalue weighted by Crippen LogP contribution is -2.16. The van der Waals surface area contributed by atoms with Gasteiger partial charge in [0.2, 0.25) is 5.91 Å². The molecule has 0 radical (unpaired) electrons. The first-order valence-corrected chi connectivity index (χ1v) is 7.06. The summed E-state index contributed by atoms with van der Waals surface area (Å²) in [4.78, 5) is 26.0. The molecule has 0 bridgehead atoms. The molecule has 1 heterocycles. The first-order valence-electron chi connectivity index (χ1n) is 6.07. The molecule has 0 aliphatic rings. The molecular weight excluding hydrogens is 295 g/mol. The third-order valence-corrected chi connectivity index (χ3v) is 3.81. The lowest BCUT2D eigenvalue weighted by Gasteiger charge is -2.05. The second-order valence-corrected chi connectivity index (χ2v) is 5.29. The van der Waals surface area contributed by atoms with Crippen LogP contribution in [0.5, 0.6) is 0 Å². The van der Waals surface area contributed by atoms with Crippen molar-refractivity contribution in [2.75, 3.05) is 11.1 Å².